The number of nitrogens with one attached hydrogen (secondary N) is 2. The molecular weight excluding hydrogens is 352 g/mol. The van der Waals surface area contributed by atoms with E-state index in [-0.39, 0.29) is 6.04 Å². The van der Waals surface area contributed by atoms with E-state index in [0.29, 0.717) is 27.9 Å². The summed E-state index contributed by atoms with van der Waals surface area (Å²) in [7, 11) is -3.46. The van der Waals surface area contributed by atoms with Crippen molar-refractivity contribution >= 4 is 26.0 Å². The van der Waals surface area contributed by atoms with Crippen molar-refractivity contribution in [1.29, 1.82) is 0 Å². The smallest absolute Gasteiger partial charge is 0.241 e. The van der Waals surface area contributed by atoms with E-state index in [9.17, 15) is 8.42 Å². The van der Waals surface area contributed by atoms with Crippen molar-refractivity contribution in [3.05, 3.63) is 28.2 Å². The lowest BCUT2D eigenvalue weighted by atomic mass is 10.2. The zero-order valence-corrected chi connectivity index (χ0v) is 15.1. The Hall–Kier alpha value is -0.430. The summed E-state index contributed by atoms with van der Waals surface area (Å²) in [5, 5.41) is 3.30. The summed E-state index contributed by atoms with van der Waals surface area (Å²) in [6, 6.07) is 5.94. The van der Waals surface area contributed by atoms with Gasteiger partial charge in [0.25, 0.3) is 0 Å². The quantitative estimate of drug-likeness (QED) is 0.770. The second-order valence-corrected chi connectivity index (χ2v) is 8.47. The Balaban J connectivity index is 2.15. The maximum atomic E-state index is 12.5. The third-order valence-electron chi connectivity index (χ3n) is 3.75. The van der Waals surface area contributed by atoms with E-state index in [1.54, 1.807) is 12.1 Å². The van der Waals surface area contributed by atoms with Crippen LogP contribution in [-0.4, -0.2) is 20.5 Å². The fourth-order valence-electron chi connectivity index (χ4n) is 2.29. The largest absolute Gasteiger partial charge is 0.310 e. The van der Waals surface area contributed by atoms with Crippen LogP contribution in [0.4, 0.5) is 0 Å². The molecule has 2 N–H and O–H groups in total. The predicted octanol–water partition coefficient (Wildman–Crippen LogP) is 3.02. The predicted molar refractivity (Wildman–Crippen MR) is 88.6 cm³/mol. The lowest BCUT2D eigenvalue weighted by molar-refractivity contribution is 0.573. The van der Waals surface area contributed by atoms with Crippen LogP contribution in [-0.2, 0) is 16.6 Å². The Kier molecular flexibility index (Phi) is 5.46. The minimum absolute atomic E-state index is 0.101. The summed E-state index contributed by atoms with van der Waals surface area (Å²) < 4.78 is 28.4. The topological polar surface area (TPSA) is 58.2 Å². The van der Waals surface area contributed by atoms with Crippen LogP contribution in [0.15, 0.2) is 27.6 Å². The molecule has 2 rings (SSSR count). The van der Waals surface area contributed by atoms with Gasteiger partial charge in [-0.3, -0.25) is 0 Å². The Labute approximate surface area is 135 Å². The molecule has 6 heteroatoms. The number of rotatable bonds is 7. The maximum Gasteiger partial charge on any atom is 0.241 e. The molecular formula is C15H23BrN2O2S. The van der Waals surface area contributed by atoms with Crippen LogP contribution in [0.25, 0.3) is 0 Å². The molecule has 1 aliphatic rings. The molecule has 0 aromatic heterocycles. The van der Waals surface area contributed by atoms with E-state index < -0.39 is 10.0 Å². The summed E-state index contributed by atoms with van der Waals surface area (Å²) in [6.45, 7) is 6.88. The molecule has 0 spiro atoms. The van der Waals surface area contributed by atoms with E-state index >= 15 is 0 Å². The van der Waals surface area contributed by atoms with Gasteiger partial charge in [0.1, 0.15) is 0 Å². The first-order valence-corrected chi connectivity index (χ1v) is 9.65. The summed E-state index contributed by atoms with van der Waals surface area (Å²) in [5.74, 6) is 0.490. The summed E-state index contributed by atoms with van der Waals surface area (Å²) in [5.41, 5.74) is 0.968. The maximum absolute atomic E-state index is 12.5. The second kappa shape index (κ2) is 6.77. The number of halogens is 1. The summed E-state index contributed by atoms with van der Waals surface area (Å²) in [6.07, 6.45) is 1.97. The Morgan fingerprint density at radius 3 is 2.67 bits per heavy atom. The first-order chi connectivity index (χ1) is 9.83. The SMILES string of the molecule is CCC1CC1NS(=O)(=O)c1cc(CNC(C)C)ccc1Br. The van der Waals surface area contributed by atoms with Crippen LogP contribution < -0.4 is 10.0 Å². The summed E-state index contributed by atoms with van der Waals surface area (Å²) >= 11 is 3.35. The molecule has 1 aromatic carbocycles. The average Bonchev–Trinajstić information content (AvgIpc) is 3.15. The highest BCUT2D eigenvalue weighted by Gasteiger charge is 2.39. The number of benzene rings is 1. The van der Waals surface area contributed by atoms with Gasteiger partial charge in [-0.15, -0.1) is 0 Å². The van der Waals surface area contributed by atoms with Gasteiger partial charge in [0, 0.05) is 23.1 Å². The fraction of sp³-hybridized carbons (Fsp3) is 0.600. The minimum Gasteiger partial charge on any atom is -0.310 e. The molecule has 4 nitrogen and oxygen atoms in total. The third kappa shape index (κ3) is 4.52. The van der Waals surface area contributed by atoms with Gasteiger partial charge in [-0.05, 0) is 46.0 Å². The van der Waals surface area contributed by atoms with Gasteiger partial charge < -0.3 is 5.32 Å². The standard InChI is InChI=1S/C15H23BrN2O2S/c1-4-12-8-14(12)18-21(19,20)15-7-11(5-6-13(15)16)9-17-10(2)3/h5-7,10,12,14,17-18H,4,8-9H2,1-3H3. The minimum atomic E-state index is -3.46. The van der Waals surface area contributed by atoms with E-state index in [2.05, 4.69) is 46.7 Å². The molecule has 1 aromatic rings. The van der Waals surface area contributed by atoms with E-state index in [1.807, 2.05) is 6.07 Å². The molecule has 0 bridgehead atoms. The first-order valence-electron chi connectivity index (χ1n) is 7.37. The highest BCUT2D eigenvalue weighted by atomic mass is 79.9. The zero-order valence-electron chi connectivity index (χ0n) is 12.7. The van der Waals surface area contributed by atoms with Crippen molar-refractivity contribution < 1.29 is 8.42 Å². The van der Waals surface area contributed by atoms with E-state index in [1.165, 1.54) is 0 Å². The second-order valence-electron chi connectivity index (χ2n) is 5.93. The lowest BCUT2D eigenvalue weighted by Crippen LogP contribution is -2.28. The van der Waals surface area contributed by atoms with Crippen LogP contribution in [0.3, 0.4) is 0 Å². The van der Waals surface area contributed by atoms with Crippen molar-refractivity contribution in [3.63, 3.8) is 0 Å². The van der Waals surface area contributed by atoms with E-state index in [0.717, 1.165) is 18.4 Å². The van der Waals surface area contributed by atoms with Gasteiger partial charge in [0.2, 0.25) is 10.0 Å². The number of sulfonamides is 1. The molecule has 0 saturated heterocycles. The summed E-state index contributed by atoms with van der Waals surface area (Å²) in [4.78, 5) is 0.326. The van der Waals surface area contributed by atoms with Gasteiger partial charge in [-0.2, -0.15) is 0 Å². The van der Waals surface area contributed by atoms with Gasteiger partial charge in [-0.1, -0.05) is 33.3 Å². The zero-order chi connectivity index (χ0) is 15.6. The molecule has 1 saturated carbocycles. The Morgan fingerprint density at radius 1 is 1.38 bits per heavy atom. The van der Waals surface area contributed by atoms with Gasteiger partial charge in [0.15, 0.2) is 0 Å². The van der Waals surface area contributed by atoms with Gasteiger partial charge in [0.05, 0.1) is 4.90 Å². The van der Waals surface area contributed by atoms with Crippen LogP contribution in [0.5, 0.6) is 0 Å². The molecule has 1 fully saturated rings. The molecule has 0 heterocycles. The average molecular weight is 375 g/mol. The number of hydrogen-bond donors (Lipinski definition) is 2. The van der Waals surface area contributed by atoms with Crippen LogP contribution in [0.1, 0.15) is 39.2 Å². The normalized spacial score (nSPS) is 21.8. The third-order valence-corrected chi connectivity index (χ3v) is 6.24. The molecule has 2 atom stereocenters. The van der Waals surface area contributed by atoms with Crippen LogP contribution in [0, 0.1) is 5.92 Å². The van der Waals surface area contributed by atoms with Crippen molar-refractivity contribution in [1.82, 2.24) is 10.0 Å². The van der Waals surface area contributed by atoms with Crippen molar-refractivity contribution in [2.24, 2.45) is 5.92 Å². The fourth-order valence-corrected chi connectivity index (χ4v) is 4.62. The van der Waals surface area contributed by atoms with Gasteiger partial charge in [-0.25, -0.2) is 13.1 Å². The number of hydrogen-bond acceptors (Lipinski definition) is 3. The molecule has 0 amide bonds. The van der Waals surface area contributed by atoms with Crippen LogP contribution in [0.2, 0.25) is 0 Å². The Morgan fingerprint density at radius 2 is 2.10 bits per heavy atom. The molecule has 118 valence electrons. The molecule has 21 heavy (non-hydrogen) atoms. The van der Waals surface area contributed by atoms with Crippen molar-refractivity contribution in [2.75, 3.05) is 0 Å². The first kappa shape index (κ1) is 16.9. The molecule has 0 aliphatic heterocycles. The monoisotopic (exact) mass is 374 g/mol. The highest BCUT2D eigenvalue weighted by molar-refractivity contribution is 9.10. The van der Waals surface area contributed by atoms with Gasteiger partial charge >= 0.3 is 0 Å². The van der Waals surface area contributed by atoms with Crippen molar-refractivity contribution in [2.45, 2.75) is 57.1 Å². The lowest BCUT2D eigenvalue weighted by Gasteiger charge is -2.12. The molecule has 1 aliphatic carbocycles. The van der Waals surface area contributed by atoms with Crippen molar-refractivity contribution in [3.8, 4) is 0 Å². The Bertz CT molecular complexity index is 602. The molecule has 2 unspecified atom stereocenters. The highest BCUT2D eigenvalue weighted by Crippen LogP contribution is 2.35. The van der Waals surface area contributed by atoms with Crippen LogP contribution >= 0.6 is 15.9 Å². The van der Waals surface area contributed by atoms with E-state index in [4.69, 9.17) is 0 Å². The molecule has 0 radical (unpaired) electrons.